The van der Waals surface area contributed by atoms with E-state index >= 15 is 0 Å². The first kappa shape index (κ1) is 30.6. The molecule has 2 heterocycles. The van der Waals surface area contributed by atoms with Gasteiger partial charge in [-0.3, -0.25) is 23.9 Å². The van der Waals surface area contributed by atoms with Crippen LogP contribution in [0, 0.1) is 12.7 Å². The van der Waals surface area contributed by atoms with Gasteiger partial charge in [-0.1, -0.05) is 82.6 Å². The topological polar surface area (TPSA) is 139 Å². The van der Waals surface area contributed by atoms with E-state index in [1.807, 2.05) is 4.98 Å². The van der Waals surface area contributed by atoms with Gasteiger partial charge in [-0.2, -0.15) is 4.39 Å². The van der Waals surface area contributed by atoms with Crippen molar-refractivity contribution in [1.82, 2.24) is 9.55 Å². The van der Waals surface area contributed by atoms with Crippen molar-refractivity contribution in [2.24, 2.45) is 0 Å². The molecule has 214 valence electrons. The minimum Gasteiger partial charge on any atom is -0.382 e. The summed E-state index contributed by atoms with van der Waals surface area (Å²) in [5.41, 5.74) is -3.77. The first-order valence-electron chi connectivity index (χ1n) is 13.8. The number of aromatic amines is 1. The van der Waals surface area contributed by atoms with Crippen LogP contribution in [0.2, 0.25) is 0 Å². The van der Waals surface area contributed by atoms with E-state index < -0.39 is 59.1 Å². The van der Waals surface area contributed by atoms with E-state index in [0.29, 0.717) is 22.7 Å². The summed E-state index contributed by atoms with van der Waals surface area (Å²) in [5.74, 6) is -2.65. The summed E-state index contributed by atoms with van der Waals surface area (Å²) >= 11 is 0. The van der Waals surface area contributed by atoms with Crippen LogP contribution in [0.4, 0.5) is 4.39 Å². The van der Waals surface area contributed by atoms with Crippen molar-refractivity contribution < 1.29 is 28.9 Å². The van der Waals surface area contributed by atoms with Crippen LogP contribution < -0.4 is 11.2 Å². The number of benzene rings is 1. The fraction of sp³-hybridized carbons (Fsp3) is 0.586. The lowest BCUT2D eigenvalue weighted by Crippen LogP contribution is -2.53. The lowest BCUT2D eigenvalue weighted by Gasteiger charge is -2.29. The van der Waals surface area contributed by atoms with Crippen LogP contribution >= 0.6 is 0 Å². The van der Waals surface area contributed by atoms with Crippen LogP contribution in [0.15, 0.2) is 40.1 Å². The second kappa shape index (κ2) is 13.9. The maximum absolute atomic E-state index is 14.0. The molecular formula is C29H39FN2O7. The molecule has 0 saturated carbocycles. The molecule has 3 rings (SSSR count). The number of aliphatic hydroxyl groups excluding tert-OH is 1. The largest absolute Gasteiger partial charge is 0.382 e. The molecule has 10 heteroatoms. The zero-order valence-electron chi connectivity index (χ0n) is 22.7. The average Bonchev–Trinajstić information content (AvgIpc) is 3.27. The van der Waals surface area contributed by atoms with Crippen LogP contribution in [0.5, 0.6) is 0 Å². The molecule has 39 heavy (non-hydrogen) atoms. The standard InChI is InChI=1S/C29H39FN2O7/c1-3-4-5-6-7-8-9-10-11-16-22(33)29(38)17-23(32-18-21(30)27(36)31-28(32)37)39-26(29)25(35)24(34)20-15-13-12-14-19(20)2/h12-15,18,23,25-26,35,38H,3-11,16-17H2,1-2H3,(H,31,36,37)/t23-,25?,26-,29-/m1/s1. The third-order valence-corrected chi connectivity index (χ3v) is 7.45. The molecule has 1 aliphatic heterocycles. The Labute approximate surface area is 227 Å². The van der Waals surface area contributed by atoms with Gasteiger partial charge in [-0.05, 0) is 18.9 Å². The van der Waals surface area contributed by atoms with E-state index in [1.54, 1.807) is 25.1 Å². The number of aryl methyl sites for hydroxylation is 1. The summed E-state index contributed by atoms with van der Waals surface area (Å²) < 4.78 is 20.4. The van der Waals surface area contributed by atoms with Crippen LogP contribution in [-0.2, 0) is 9.53 Å². The Morgan fingerprint density at radius 1 is 1.10 bits per heavy atom. The second-order valence-corrected chi connectivity index (χ2v) is 10.4. The number of carbonyl (C=O) groups is 2. The third-order valence-electron chi connectivity index (χ3n) is 7.45. The van der Waals surface area contributed by atoms with Crippen molar-refractivity contribution in [2.45, 2.75) is 109 Å². The number of hydrogen-bond donors (Lipinski definition) is 3. The molecule has 1 fully saturated rings. The number of ketones is 2. The Balaban J connectivity index is 1.76. The summed E-state index contributed by atoms with van der Waals surface area (Å²) in [4.78, 5) is 52.1. The number of aliphatic hydroxyl groups is 2. The van der Waals surface area contributed by atoms with Gasteiger partial charge in [-0.15, -0.1) is 0 Å². The minimum absolute atomic E-state index is 0.0148. The zero-order valence-corrected chi connectivity index (χ0v) is 22.7. The number of ether oxygens (including phenoxy) is 1. The first-order chi connectivity index (χ1) is 18.6. The molecule has 0 bridgehead atoms. The Bertz CT molecular complexity index is 1260. The number of hydrogen-bond acceptors (Lipinski definition) is 7. The van der Waals surface area contributed by atoms with E-state index in [9.17, 15) is 33.8 Å². The van der Waals surface area contributed by atoms with E-state index in [0.717, 1.165) is 25.7 Å². The summed E-state index contributed by atoms with van der Waals surface area (Å²) in [5, 5.41) is 22.6. The molecule has 0 amide bonds. The van der Waals surface area contributed by atoms with Crippen molar-refractivity contribution >= 4 is 11.6 Å². The molecule has 1 saturated heterocycles. The molecule has 4 atom stereocenters. The van der Waals surface area contributed by atoms with Crippen molar-refractivity contribution in [3.63, 3.8) is 0 Å². The molecule has 0 aliphatic carbocycles. The quantitative estimate of drug-likeness (QED) is 0.228. The minimum atomic E-state index is -2.31. The number of rotatable bonds is 15. The summed E-state index contributed by atoms with van der Waals surface area (Å²) in [6, 6.07) is 6.54. The highest BCUT2D eigenvalue weighted by Gasteiger charge is 2.57. The Kier molecular flexibility index (Phi) is 10.9. The SMILES string of the molecule is CCCCCCCCCCCC(=O)[C@]1(O)C[C@H](n2cc(F)c(=O)[nH]c2=O)O[C@@H]1C(O)C(=O)c1ccccc1C. The number of H-pyrrole nitrogens is 1. The van der Waals surface area contributed by atoms with Gasteiger partial charge < -0.3 is 14.9 Å². The van der Waals surface area contributed by atoms with E-state index in [1.165, 1.54) is 31.7 Å². The van der Waals surface area contributed by atoms with E-state index in [2.05, 4.69) is 6.92 Å². The second-order valence-electron chi connectivity index (χ2n) is 10.4. The molecular weight excluding hydrogens is 507 g/mol. The molecule has 0 spiro atoms. The highest BCUT2D eigenvalue weighted by molar-refractivity contribution is 6.02. The molecule has 9 nitrogen and oxygen atoms in total. The fourth-order valence-electron chi connectivity index (χ4n) is 5.12. The van der Waals surface area contributed by atoms with Crippen molar-refractivity contribution in [1.29, 1.82) is 0 Å². The fourth-order valence-corrected chi connectivity index (χ4v) is 5.12. The molecule has 0 radical (unpaired) electrons. The number of Topliss-reactive ketones (excluding diaryl/α,β-unsaturated/α-hetero) is 2. The number of unbranched alkanes of at least 4 members (excludes halogenated alkanes) is 8. The van der Waals surface area contributed by atoms with Crippen molar-refractivity contribution in [3.8, 4) is 0 Å². The summed E-state index contributed by atoms with van der Waals surface area (Å²) in [6.45, 7) is 3.85. The van der Waals surface area contributed by atoms with Gasteiger partial charge in [-0.25, -0.2) is 4.79 Å². The first-order valence-corrected chi connectivity index (χ1v) is 13.8. The number of nitrogens with zero attached hydrogens (tertiary/aromatic N) is 1. The number of nitrogens with one attached hydrogen (secondary N) is 1. The van der Waals surface area contributed by atoms with Gasteiger partial charge in [0.25, 0.3) is 5.56 Å². The van der Waals surface area contributed by atoms with Gasteiger partial charge in [0.2, 0.25) is 5.82 Å². The van der Waals surface area contributed by atoms with Gasteiger partial charge in [0.05, 0.1) is 6.20 Å². The van der Waals surface area contributed by atoms with Crippen LogP contribution in [-0.4, -0.2) is 49.1 Å². The van der Waals surface area contributed by atoms with Crippen LogP contribution in [0.3, 0.4) is 0 Å². The Hall–Kier alpha value is -2.95. The molecule has 2 aromatic rings. The van der Waals surface area contributed by atoms with Crippen molar-refractivity contribution in [3.05, 3.63) is 68.2 Å². The molecule has 1 aromatic carbocycles. The predicted octanol–water partition coefficient (Wildman–Crippen LogP) is 3.74. The summed E-state index contributed by atoms with van der Waals surface area (Å²) in [7, 11) is 0. The lowest BCUT2D eigenvalue weighted by atomic mass is 9.82. The Morgan fingerprint density at radius 3 is 2.36 bits per heavy atom. The number of carbonyl (C=O) groups excluding carboxylic acids is 2. The van der Waals surface area contributed by atoms with Gasteiger partial charge in [0, 0.05) is 18.4 Å². The average molecular weight is 547 g/mol. The summed E-state index contributed by atoms with van der Waals surface area (Å²) in [6.07, 6.45) is 4.30. The smallest absolute Gasteiger partial charge is 0.330 e. The zero-order chi connectivity index (χ0) is 28.6. The maximum Gasteiger partial charge on any atom is 0.330 e. The maximum atomic E-state index is 14.0. The van der Waals surface area contributed by atoms with Crippen molar-refractivity contribution in [2.75, 3.05) is 0 Å². The van der Waals surface area contributed by atoms with E-state index in [-0.39, 0.29) is 12.0 Å². The van der Waals surface area contributed by atoms with Crippen LogP contribution in [0.1, 0.15) is 99.7 Å². The Morgan fingerprint density at radius 2 is 1.72 bits per heavy atom. The normalized spacial score (nSPS) is 21.7. The van der Waals surface area contributed by atoms with Gasteiger partial charge in [0.15, 0.2) is 17.2 Å². The molecule has 1 unspecified atom stereocenters. The number of aromatic nitrogens is 2. The van der Waals surface area contributed by atoms with Crippen LogP contribution in [0.25, 0.3) is 0 Å². The molecule has 3 N–H and O–H groups in total. The predicted molar refractivity (Wildman–Crippen MR) is 143 cm³/mol. The molecule has 1 aliphatic rings. The lowest BCUT2D eigenvalue weighted by molar-refractivity contribution is -0.150. The highest BCUT2D eigenvalue weighted by atomic mass is 19.1. The monoisotopic (exact) mass is 546 g/mol. The van der Waals surface area contributed by atoms with Gasteiger partial charge in [0.1, 0.15) is 18.4 Å². The van der Waals surface area contributed by atoms with Gasteiger partial charge >= 0.3 is 5.69 Å². The third kappa shape index (κ3) is 7.38. The highest BCUT2D eigenvalue weighted by Crippen LogP contribution is 2.40. The number of halogens is 1. The molecule has 1 aromatic heterocycles. The van der Waals surface area contributed by atoms with E-state index in [4.69, 9.17) is 4.74 Å².